The Hall–Kier alpha value is -1.09. The van der Waals surface area contributed by atoms with Crippen LogP contribution in [0.15, 0.2) is 24.3 Å². The van der Waals surface area contributed by atoms with E-state index in [2.05, 4.69) is 35.4 Å². The van der Waals surface area contributed by atoms with Gasteiger partial charge in [0.2, 0.25) is 0 Å². The Kier molecular flexibility index (Phi) is 1.74. The topological polar surface area (TPSA) is 24.9 Å². The summed E-state index contributed by atoms with van der Waals surface area (Å²) in [5.74, 6) is 0.821. The van der Waals surface area contributed by atoms with E-state index in [0.717, 1.165) is 16.6 Å². The zero-order chi connectivity index (χ0) is 9.54. The summed E-state index contributed by atoms with van der Waals surface area (Å²) >= 11 is 1.75. The number of hydrogen-bond acceptors (Lipinski definition) is 3. The second-order valence-corrected chi connectivity index (χ2v) is 4.98. The third kappa shape index (κ3) is 1.38. The first-order valence-corrected chi connectivity index (χ1v) is 5.77. The molecule has 0 saturated heterocycles. The number of aromatic nitrogens is 1. The van der Waals surface area contributed by atoms with E-state index in [1.54, 1.807) is 11.3 Å². The summed E-state index contributed by atoms with van der Waals surface area (Å²) in [6, 6.07) is 8.94. The predicted molar refractivity (Wildman–Crippen MR) is 60.8 cm³/mol. The largest absolute Gasteiger partial charge is 0.358 e. The van der Waals surface area contributed by atoms with Crippen molar-refractivity contribution in [2.75, 3.05) is 5.32 Å². The highest BCUT2D eigenvalue weighted by molar-refractivity contribution is 7.22. The molecule has 0 radical (unpaired) electrons. The molecule has 72 valence electrons. The number of nitrogens with one attached hydrogen (secondary N) is 1. The van der Waals surface area contributed by atoms with E-state index in [0.29, 0.717) is 6.04 Å². The molecule has 1 heterocycles. The van der Waals surface area contributed by atoms with E-state index in [-0.39, 0.29) is 0 Å². The SMILES string of the molecule is CC1CC1Nc1nc2ccccc2s1. The molecule has 1 aromatic heterocycles. The molecular formula is C11H12N2S. The highest BCUT2D eigenvalue weighted by atomic mass is 32.1. The number of nitrogens with zero attached hydrogens (tertiary/aromatic N) is 1. The van der Waals surface area contributed by atoms with Gasteiger partial charge in [-0.3, -0.25) is 0 Å². The molecule has 0 bridgehead atoms. The monoisotopic (exact) mass is 204 g/mol. The molecule has 1 aliphatic carbocycles. The predicted octanol–water partition coefficient (Wildman–Crippen LogP) is 3.12. The van der Waals surface area contributed by atoms with Gasteiger partial charge in [-0.25, -0.2) is 4.98 Å². The molecule has 14 heavy (non-hydrogen) atoms. The maximum atomic E-state index is 4.53. The van der Waals surface area contributed by atoms with Crippen LogP contribution in [0.3, 0.4) is 0 Å². The molecular weight excluding hydrogens is 192 g/mol. The van der Waals surface area contributed by atoms with Crippen LogP contribution in [0, 0.1) is 5.92 Å². The van der Waals surface area contributed by atoms with E-state index in [4.69, 9.17) is 0 Å². The van der Waals surface area contributed by atoms with E-state index in [9.17, 15) is 0 Å². The summed E-state index contributed by atoms with van der Waals surface area (Å²) in [4.78, 5) is 4.53. The lowest BCUT2D eigenvalue weighted by atomic mass is 10.3. The number of hydrogen-bond donors (Lipinski definition) is 1. The van der Waals surface area contributed by atoms with Crippen molar-refractivity contribution in [3.63, 3.8) is 0 Å². The fourth-order valence-electron chi connectivity index (χ4n) is 1.62. The van der Waals surface area contributed by atoms with Crippen molar-refractivity contribution in [3.8, 4) is 0 Å². The number of anilines is 1. The van der Waals surface area contributed by atoms with Crippen molar-refractivity contribution >= 4 is 26.7 Å². The molecule has 2 aromatic rings. The lowest BCUT2D eigenvalue weighted by Crippen LogP contribution is -2.02. The first kappa shape index (κ1) is 8.24. The van der Waals surface area contributed by atoms with E-state index < -0.39 is 0 Å². The second kappa shape index (κ2) is 2.95. The number of benzene rings is 1. The van der Waals surface area contributed by atoms with Gasteiger partial charge in [0, 0.05) is 6.04 Å². The van der Waals surface area contributed by atoms with Gasteiger partial charge in [-0.1, -0.05) is 30.4 Å². The zero-order valence-corrected chi connectivity index (χ0v) is 8.84. The molecule has 2 nitrogen and oxygen atoms in total. The lowest BCUT2D eigenvalue weighted by molar-refractivity contribution is 0.928. The minimum atomic E-state index is 0.663. The Balaban J connectivity index is 1.90. The van der Waals surface area contributed by atoms with Gasteiger partial charge >= 0.3 is 0 Å². The minimum Gasteiger partial charge on any atom is -0.358 e. The van der Waals surface area contributed by atoms with Crippen molar-refractivity contribution in [3.05, 3.63) is 24.3 Å². The molecule has 1 aliphatic rings. The lowest BCUT2D eigenvalue weighted by Gasteiger charge is -1.96. The Labute approximate surface area is 87.0 Å². The van der Waals surface area contributed by atoms with Crippen LogP contribution in [0.4, 0.5) is 5.13 Å². The van der Waals surface area contributed by atoms with Gasteiger partial charge in [0.1, 0.15) is 0 Å². The first-order valence-electron chi connectivity index (χ1n) is 4.95. The summed E-state index contributed by atoms with van der Waals surface area (Å²) < 4.78 is 1.27. The third-order valence-corrected chi connectivity index (χ3v) is 3.68. The van der Waals surface area contributed by atoms with Crippen LogP contribution in [-0.2, 0) is 0 Å². The van der Waals surface area contributed by atoms with Crippen molar-refractivity contribution in [2.24, 2.45) is 5.92 Å². The standard InChI is InChI=1S/C11H12N2S/c1-7-6-9(7)13-11-12-8-4-2-3-5-10(8)14-11/h2-5,7,9H,6H2,1H3,(H,12,13). The van der Waals surface area contributed by atoms with Crippen molar-refractivity contribution in [2.45, 2.75) is 19.4 Å². The molecule has 2 atom stereocenters. The van der Waals surface area contributed by atoms with Gasteiger partial charge in [-0.2, -0.15) is 0 Å². The Morgan fingerprint density at radius 3 is 2.93 bits per heavy atom. The summed E-state index contributed by atoms with van der Waals surface area (Å²) in [6.45, 7) is 2.27. The van der Waals surface area contributed by atoms with Crippen molar-refractivity contribution in [1.82, 2.24) is 4.98 Å². The average molecular weight is 204 g/mol. The fourth-order valence-corrected chi connectivity index (χ4v) is 2.54. The summed E-state index contributed by atoms with van der Waals surface area (Å²) in [6.07, 6.45) is 1.29. The summed E-state index contributed by atoms with van der Waals surface area (Å²) in [7, 11) is 0. The van der Waals surface area contributed by atoms with E-state index >= 15 is 0 Å². The van der Waals surface area contributed by atoms with Crippen LogP contribution in [0.2, 0.25) is 0 Å². The maximum Gasteiger partial charge on any atom is 0.184 e. The number of thiazole rings is 1. The normalized spacial score (nSPS) is 25.2. The van der Waals surface area contributed by atoms with Crippen LogP contribution >= 0.6 is 11.3 Å². The molecule has 3 rings (SSSR count). The van der Waals surface area contributed by atoms with Gasteiger partial charge in [0.05, 0.1) is 10.2 Å². The van der Waals surface area contributed by atoms with Gasteiger partial charge in [0.15, 0.2) is 5.13 Å². The molecule has 1 fully saturated rings. The van der Waals surface area contributed by atoms with Crippen molar-refractivity contribution < 1.29 is 0 Å². The van der Waals surface area contributed by atoms with Crippen LogP contribution in [0.5, 0.6) is 0 Å². The molecule has 0 spiro atoms. The maximum absolute atomic E-state index is 4.53. The quantitative estimate of drug-likeness (QED) is 0.813. The molecule has 1 aromatic carbocycles. The zero-order valence-electron chi connectivity index (χ0n) is 8.03. The highest BCUT2D eigenvalue weighted by Gasteiger charge is 2.32. The molecule has 0 aliphatic heterocycles. The third-order valence-electron chi connectivity index (χ3n) is 2.71. The van der Waals surface area contributed by atoms with Gasteiger partial charge < -0.3 is 5.32 Å². The van der Waals surface area contributed by atoms with Gasteiger partial charge in [0.25, 0.3) is 0 Å². The molecule has 2 unspecified atom stereocenters. The second-order valence-electron chi connectivity index (χ2n) is 3.95. The molecule has 3 heteroatoms. The van der Waals surface area contributed by atoms with Crippen molar-refractivity contribution in [1.29, 1.82) is 0 Å². The molecule has 1 N–H and O–H groups in total. The van der Waals surface area contributed by atoms with Gasteiger partial charge in [-0.15, -0.1) is 0 Å². The highest BCUT2D eigenvalue weighted by Crippen LogP contribution is 2.35. The molecule has 1 saturated carbocycles. The number of fused-ring (bicyclic) bond motifs is 1. The van der Waals surface area contributed by atoms with Gasteiger partial charge in [-0.05, 0) is 24.5 Å². The van der Waals surface area contributed by atoms with Crippen LogP contribution < -0.4 is 5.32 Å². The smallest absolute Gasteiger partial charge is 0.184 e. The van der Waals surface area contributed by atoms with Crippen LogP contribution in [0.25, 0.3) is 10.2 Å². The summed E-state index contributed by atoms with van der Waals surface area (Å²) in [5, 5.41) is 4.53. The Morgan fingerprint density at radius 2 is 2.21 bits per heavy atom. The summed E-state index contributed by atoms with van der Waals surface area (Å²) in [5.41, 5.74) is 1.10. The van der Waals surface area contributed by atoms with Crippen LogP contribution in [0.1, 0.15) is 13.3 Å². The first-order chi connectivity index (χ1) is 6.83. The molecule has 0 amide bonds. The minimum absolute atomic E-state index is 0.663. The Bertz CT molecular complexity index is 430. The number of rotatable bonds is 2. The number of para-hydroxylation sites is 1. The average Bonchev–Trinajstić information content (AvgIpc) is 2.74. The van der Waals surface area contributed by atoms with Crippen LogP contribution in [-0.4, -0.2) is 11.0 Å². The fraction of sp³-hybridized carbons (Fsp3) is 0.364. The van der Waals surface area contributed by atoms with E-state index in [1.807, 2.05) is 6.07 Å². The Morgan fingerprint density at radius 1 is 1.43 bits per heavy atom. The van der Waals surface area contributed by atoms with E-state index in [1.165, 1.54) is 11.1 Å².